The number of hydrogen-bond acceptors (Lipinski definition) is 3. The molecule has 0 radical (unpaired) electrons. The van der Waals surface area contributed by atoms with Gasteiger partial charge in [0.1, 0.15) is 0 Å². The summed E-state index contributed by atoms with van der Waals surface area (Å²) >= 11 is 2.02. The number of hydrogen-bond donors (Lipinski definition) is 2. The molecule has 1 unspecified atom stereocenters. The lowest BCUT2D eigenvalue weighted by atomic mass is 10.1. The summed E-state index contributed by atoms with van der Waals surface area (Å²) in [7, 11) is 0. The van der Waals surface area contributed by atoms with Crippen molar-refractivity contribution in [3.05, 3.63) is 23.8 Å². The van der Waals surface area contributed by atoms with E-state index in [-0.39, 0.29) is 0 Å². The van der Waals surface area contributed by atoms with Crippen LogP contribution in [0.4, 0.5) is 11.4 Å². The fourth-order valence-electron chi connectivity index (χ4n) is 1.72. The summed E-state index contributed by atoms with van der Waals surface area (Å²) < 4.78 is 0. The fraction of sp³-hybridized carbons (Fsp3) is 0.455. The maximum atomic E-state index is 5.70. The standard InChI is InChI=1S/C11H16N2S/c1-8-6-9(12)2-3-11(8)13-10-4-5-14-7-10/h2-3,6,10,13H,4-5,7,12H2,1H3. The van der Waals surface area contributed by atoms with Gasteiger partial charge in [0, 0.05) is 23.2 Å². The molecule has 1 atom stereocenters. The lowest BCUT2D eigenvalue weighted by molar-refractivity contribution is 0.812. The molecule has 3 N–H and O–H groups in total. The predicted octanol–water partition coefficient (Wildman–Crippen LogP) is 2.49. The van der Waals surface area contributed by atoms with Gasteiger partial charge in [-0.1, -0.05) is 0 Å². The van der Waals surface area contributed by atoms with Crippen molar-refractivity contribution >= 4 is 23.1 Å². The molecule has 0 spiro atoms. The minimum absolute atomic E-state index is 0.641. The van der Waals surface area contributed by atoms with E-state index in [9.17, 15) is 0 Å². The third-order valence-electron chi connectivity index (χ3n) is 2.54. The lowest BCUT2D eigenvalue weighted by Crippen LogP contribution is -2.18. The van der Waals surface area contributed by atoms with E-state index in [0.717, 1.165) is 5.69 Å². The molecule has 1 fully saturated rings. The van der Waals surface area contributed by atoms with Crippen LogP contribution in [0, 0.1) is 6.92 Å². The van der Waals surface area contributed by atoms with E-state index < -0.39 is 0 Å². The van der Waals surface area contributed by atoms with Gasteiger partial charge >= 0.3 is 0 Å². The Morgan fingerprint density at radius 1 is 1.50 bits per heavy atom. The molecule has 0 saturated carbocycles. The zero-order valence-electron chi connectivity index (χ0n) is 8.42. The number of thioether (sulfide) groups is 1. The Labute approximate surface area is 89.3 Å². The minimum Gasteiger partial charge on any atom is -0.399 e. The molecular weight excluding hydrogens is 192 g/mol. The monoisotopic (exact) mass is 208 g/mol. The van der Waals surface area contributed by atoms with Gasteiger partial charge in [0.25, 0.3) is 0 Å². The van der Waals surface area contributed by atoms with Gasteiger partial charge in [-0.2, -0.15) is 11.8 Å². The average Bonchev–Trinajstić information content (AvgIpc) is 2.62. The van der Waals surface area contributed by atoms with Gasteiger partial charge in [-0.25, -0.2) is 0 Å². The summed E-state index contributed by atoms with van der Waals surface area (Å²) in [5.74, 6) is 2.51. The van der Waals surface area contributed by atoms with Crippen molar-refractivity contribution in [2.45, 2.75) is 19.4 Å². The topological polar surface area (TPSA) is 38.0 Å². The van der Waals surface area contributed by atoms with Crippen molar-refractivity contribution in [1.29, 1.82) is 0 Å². The number of benzene rings is 1. The van der Waals surface area contributed by atoms with E-state index in [2.05, 4.69) is 18.3 Å². The molecular formula is C11H16N2S. The van der Waals surface area contributed by atoms with Crippen molar-refractivity contribution in [2.75, 3.05) is 22.6 Å². The molecule has 1 aliphatic rings. The molecule has 3 heteroatoms. The summed E-state index contributed by atoms with van der Waals surface area (Å²) in [6.07, 6.45) is 1.27. The average molecular weight is 208 g/mol. The van der Waals surface area contributed by atoms with Gasteiger partial charge in [0.15, 0.2) is 0 Å². The Balaban J connectivity index is 2.08. The van der Waals surface area contributed by atoms with Crippen molar-refractivity contribution in [1.82, 2.24) is 0 Å². The molecule has 2 nitrogen and oxygen atoms in total. The second kappa shape index (κ2) is 4.13. The van der Waals surface area contributed by atoms with Crippen LogP contribution in [-0.4, -0.2) is 17.5 Å². The molecule has 2 rings (SSSR count). The molecule has 1 aliphatic heterocycles. The highest BCUT2D eigenvalue weighted by Gasteiger charge is 2.15. The maximum absolute atomic E-state index is 5.70. The summed E-state index contributed by atoms with van der Waals surface area (Å²) in [4.78, 5) is 0. The van der Waals surface area contributed by atoms with Gasteiger partial charge in [0.05, 0.1) is 0 Å². The van der Waals surface area contributed by atoms with E-state index in [1.165, 1.54) is 29.2 Å². The molecule has 0 aliphatic carbocycles. The molecule has 0 bridgehead atoms. The first-order valence-corrected chi connectivity index (χ1v) is 6.11. The summed E-state index contributed by atoms with van der Waals surface area (Å²) in [5.41, 5.74) is 9.01. The van der Waals surface area contributed by atoms with Crippen LogP contribution in [0.2, 0.25) is 0 Å². The number of nitrogen functional groups attached to an aromatic ring is 1. The summed E-state index contributed by atoms with van der Waals surface area (Å²) in [6, 6.07) is 6.69. The van der Waals surface area contributed by atoms with Gasteiger partial charge in [-0.05, 0) is 42.9 Å². The highest BCUT2D eigenvalue weighted by Crippen LogP contribution is 2.24. The van der Waals surface area contributed by atoms with Crippen LogP contribution in [-0.2, 0) is 0 Å². The van der Waals surface area contributed by atoms with Gasteiger partial charge in [0.2, 0.25) is 0 Å². The zero-order chi connectivity index (χ0) is 9.97. The number of aryl methyl sites for hydroxylation is 1. The minimum atomic E-state index is 0.641. The molecule has 1 aromatic carbocycles. The van der Waals surface area contributed by atoms with Crippen molar-refractivity contribution in [2.24, 2.45) is 0 Å². The van der Waals surface area contributed by atoms with E-state index in [0.29, 0.717) is 6.04 Å². The largest absolute Gasteiger partial charge is 0.399 e. The van der Waals surface area contributed by atoms with Crippen LogP contribution in [0.15, 0.2) is 18.2 Å². The Bertz CT molecular complexity index is 319. The summed E-state index contributed by atoms with van der Waals surface area (Å²) in [6.45, 7) is 2.10. The number of rotatable bonds is 2. The van der Waals surface area contributed by atoms with Crippen LogP contribution in [0.25, 0.3) is 0 Å². The highest BCUT2D eigenvalue weighted by molar-refractivity contribution is 7.99. The number of anilines is 2. The Hall–Kier alpha value is -0.830. The lowest BCUT2D eigenvalue weighted by Gasteiger charge is -2.15. The van der Waals surface area contributed by atoms with Gasteiger partial charge in [-0.3, -0.25) is 0 Å². The van der Waals surface area contributed by atoms with Crippen molar-refractivity contribution in [3.8, 4) is 0 Å². The molecule has 0 aromatic heterocycles. The molecule has 76 valence electrons. The second-order valence-corrected chi connectivity index (χ2v) is 4.93. The SMILES string of the molecule is Cc1cc(N)ccc1NC1CCSC1. The van der Waals surface area contributed by atoms with E-state index in [1.54, 1.807) is 0 Å². The Morgan fingerprint density at radius 3 is 3.00 bits per heavy atom. The van der Waals surface area contributed by atoms with E-state index >= 15 is 0 Å². The Morgan fingerprint density at radius 2 is 2.36 bits per heavy atom. The zero-order valence-corrected chi connectivity index (χ0v) is 9.23. The fourth-order valence-corrected chi connectivity index (χ4v) is 2.87. The van der Waals surface area contributed by atoms with Crippen LogP contribution in [0.3, 0.4) is 0 Å². The number of nitrogens with two attached hydrogens (primary N) is 1. The molecule has 0 amide bonds. The van der Waals surface area contributed by atoms with Crippen LogP contribution in [0.1, 0.15) is 12.0 Å². The predicted molar refractivity (Wildman–Crippen MR) is 64.9 cm³/mol. The highest BCUT2D eigenvalue weighted by atomic mass is 32.2. The first-order valence-electron chi connectivity index (χ1n) is 4.96. The smallest absolute Gasteiger partial charge is 0.0373 e. The molecule has 1 saturated heterocycles. The van der Waals surface area contributed by atoms with E-state index in [4.69, 9.17) is 5.73 Å². The molecule has 14 heavy (non-hydrogen) atoms. The first kappa shape index (κ1) is 9.71. The van der Waals surface area contributed by atoms with Gasteiger partial charge < -0.3 is 11.1 Å². The van der Waals surface area contributed by atoms with E-state index in [1.807, 2.05) is 23.9 Å². The van der Waals surface area contributed by atoms with Crippen LogP contribution < -0.4 is 11.1 Å². The maximum Gasteiger partial charge on any atom is 0.0373 e. The van der Waals surface area contributed by atoms with Gasteiger partial charge in [-0.15, -0.1) is 0 Å². The molecule has 1 heterocycles. The number of nitrogens with one attached hydrogen (secondary N) is 1. The third kappa shape index (κ3) is 2.15. The Kier molecular flexibility index (Phi) is 2.87. The third-order valence-corrected chi connectivity index (χ3v) is 3.70. The summed E-state index contributed by atoms with van der Waals surface area (Å²) in [5, 5.41) is 3.56. The van der Waals surface area contributed by atoms with Crippen molar-refractivity contribution < 1.29 is 0 Å². The quantitative estimate of drug-likeness (QED) is 0.733. The first-order chi connectivity index (χ1) is 6.75. The van der Waals surface area contributed by atoms with Crippen LogP contribution in [0.5, 0.6) is 0 Å². The van der Waals surface area contributed by atoms with Crippen molar-refractivity contribution in [3.63, 3.8) is 0 Å². The molecule has 1 aromatic rings. The van der Waals surface area contributed by atoms with Crippen LogP contribution >= 0.6 is 11.8 Å². The normalized spacial score (nSPS) is 21.1. The second-order valence-electron chi connectivity index (χ2n) is 3.78.